The Morgan fingerprint density at radius 2 is 0.500 bits per heavy atom. The molecular formula is C84H152N4O6. The third-order valence-electron chi connectivity index (χ3n) is 18.5. The summed E-state index contributed by atoms with van der Waals surface area (Å²) in [5, 5.41) is 51.2. The van der Waals surface area contributed by atoms with Crippen LogP contribution in [-0.4, -0.2) is 118 Å². The molecule has 6 atom stereocenters. The fourth-order valence-electron chi connectivity index (χ4n) is 12.6. The Hall–Kier alpha value is -3.38. The fourth-order valence-corrected chi connectivity index (χ4v) is 12.6. The van der Waals surface area contributed by atoms with E-state index in [0.717, 1.165) is 193 Å². The van der Waals surface area contributed by atoms with E-state index in [4.69, 9.17) is 0 Å². The first kappa shape index (κ1) is 88.6. The van der Waals surface area contributed by atoms with Crippen LogP contribution in [0.25, 0.3) is 0 Å². The summed E-state index contributed by atoms with van der Waals surface area (Å²) in [5.74, 6) is -0.254. The van der Waals surface area contributed by atoms with Gasteiger partial charge in [0.1, 0.15) is 12.1 Å². The zero-order valence-corrected chi connectivity index (χ0v) is 61.8. The number of aliphatic hydroxyl groups is 4. The molecule has 1 aliphatic heterocycles. The predicted molar refractivity (Wildman–Crippen MR) is 407 cm³/mol. The molecule has 0 aromatic heterocycles. The van der Waals surface area contributed by atoms with Crippen LogP contribution < -0.4 is 10.6 Å². The van der Waals surface area contributed by atoms with Crippen molar-refractivity contribution in [3.63, 3.8) is 0 Å². The lowest BCUT2D eigenvalue weighted by atomic mass is 10.0. The summed E-state index contributed by atoms with van der Waals surface area (Å²) < 4.78 is 0. The number of allylic oxidation sites excluding steroid dienone is 16. The van der Waals surface area contributed by atoms with E-state index in [1.807, 2.05) is 0 Å². The number of nitrogens with zero attached hydrogens (tertiary/aromatic N) is 2. The molecule has 1 rings (SSSR count). The Morgan fingerprint density at radius 1 is 0.287 bits per heavy atom. The van der Waals surface area contributed by atoms with Gasteiger partial charge in [0.25, 0.3) is 0 Å². The number of amides is 2. The maximum atomic E-state index is 13.5. The van der Waals surface area contributed by atoms with Crippen molar-refractivity contribution in [2.75, 3.05) is 39.3 Å². The van der Waals surface area contributed by atoms with Crippen LogP contribution in [-0.2, 0) is 9.59 Å². The van der Waals surface area contributed by atoms with E-state index in [0.29, 0.717) is 39.0 Å². The molecule has 6 unspecified atom stereocenters. The van der Waals surface area contributed by atoms with Gasteiger partial charge in [-0.25, -0.2) is 0 Å². The molecule has 10 nitrogen and oxygen atoms in total. The highest BCUT2D eigenvalue weighted by molar-refractivity contribution is 5.96. The van der Waals surface area contributed by atoms with Crippen LogP contribution in [0.1, 0.15) is 349 Å². The molecule has 10 heteroatoms. The molecule has 0 aromatic rings. The molecule has 6 N–H and O–H groups in total. The number of unbranched alkanes of at least 4 members (excludes halogenated alkanes) is 30. The molecule has 0 bridgehead atoms. The minimum atomic E-state index is -0.574. The Balaban J connectivity index is 2.70. The van der Waals surface area contributed by atoms with Gasteiger partial charge in [-0.15, -0.1) is 0 Å². The van der Waals surface area contributed by atoms with Crippen molar-refractivity contribution >= 4 is 11.8 Å². The monoisotopic (exact) mass is 1310 g/mol. The molecule has 0 spiro atoms. The van der Waals surface area contributed by atoms with Gasteiger partial charge in [-0.3, -0.25) is 19.4 Å². The summed E-state index contributed by atoms with van der Waals surface area (Å²) in [6.07, 6.45) is 88.6. The smallest absolute Gasteiger partial charge is 0.243 e. The molecular weight excluding hydrogens is 1160 g/mol. The number of carbonyl (C=O) groups is 2. The van der Waals surface area contributed by atoms with Crippen molar-refractivity contribution < 1.29 is 30.0 Å². The van der Waals surface area contributed by atoms with Crippen molar-refractivity contribution in [1.82, 2.24) is 20.4 Å². The highest BCUT2D eigenvalue weighted by atomic mass is 16.3. The van der Waals surface area contributed by atoms with Gasteiger partial charge >= 0.3 is 0 Å². The Kier molecular flexibility index (Phi) is 65.5. The molecule has 1 heterocycles. The Morgan fingerprint density at radius 3 is 0.723 bits per heavy atom. The third kappa shape index (κ3) is 59.8. The van der Waals surface area contributed by atoms with Crippen LogP contribution >= 0.6 is 0 Å². The van der Waals surface area contributed by atoms with Gasteiger partial charge in [-0.1, -0.05) is 253 Å². The molecule has 0 aromatic carbocycles. The van der Waals surface area contributed by atoms with E-state index in [9.17, 15) is 30.0 Å². The van der Waals surface area contributed by atoms with E-state index in [2.05, 4.69) is 145 Å². The molecule has 0 radical (unpaired) electrons. The number of piperazine rings is 1. The third-order valence-corrected chi connectivity index (χ3v) is 18.5. The summed E-state index contributed by atoms with van der Waals surface area (Å²) in [4.78, 5) is 31.5. The molecule has 1 fully saturated rings. The molecule has 1 saturated heterocycles. The van der Waals surface area contributed by atoms with Crippen molar-refractivity contribution in [2.45, 2.75) is 385 Å². The van der Waals surface area contributed by atoms with Crippen molar-refractivity contribution in [3.8, 4) is 0 Å². The normalized spacial score (nSPS) is 16.4. The quantitative estimate of drug-likeness (QED) is 0.0261. The summed E-state index contributed by atoms with van der Waals surface area (Å²) in [7, 11) is 0. The van der Waals surface area contributed by atoms with Gasteiger partial charge in [-0.2, -0.15) is 0 Å². The largest absolute Gasteiger partial charge is 0.392 e. The summed E-state index contributed by atoms with van der Waals surface area (Å²) in [6, 6.07) is -1.15. The summed E-state index contributed by atoms with van der Waals surface area (Å²) in [5.41, 5.74) is 0. The van der Waals surface area contributed by atoms with Gasteiger partial charge in [-0.05, 0) is 206 Å². The van der Waals surface area contributed by atoms with E-state index in [1.165, 1.54) is 128 Å². The highest BCUT2D eigenvalue weighted by Gasteiger charge is 2.33. The van der Waals surface area contributed by atoms with E-state index >= 15 is 0 Å². The standard InChI is InChI=1S/C84H152N4O6/c1-5-9-13-17-21-25-29-33-37-41-45-49-53-57-65-77(89)73-87(74-78(90)66-58-54-50-46-42-38-34-30-26-22-18-14-10-6-2)71-63-61-69-81-83(93)86-82(84(94)85-81)70-62-64-72-88(75-79(91)67-59-55-51-47-43-39-35-31-27-23-19-15-11-7-3)76-80(92)68-60-56-52-48-44-40-36-32-28-24-20-16-12-8-4/h21-28,33-40,77-82,89-92H,5-20,29-32,41-76H2,1-4H3,(H,85,94)(H,86,93)/b25-21-,26-22-,27-23-,28-24-,37-33-,38-34-,39-35-,40-36-. The van der Waals surface area contributed by atoms with Crippen LogP contribution in [0.15, 0.2) is 97.2 Å². The number of hydrogen-bond donors (Lipinski definition) is 6. The first-order chi connectivity index (χ1) is 46.1. The lowest BCUT2D eigenvalue weighted by Crippen LogP contribution is -2.61. The van der Waals surface area contributed by atoms with E-state index in [-0.39, 0.29) is 11.8 Å². The van der Waals surface area contributed by atoms with Gasteiger partial charge in [0.15, 0.2) is 0 Å². The summed E-state index contributed by atoms with van der Waals surface area (Å²) >= 11 is 0. The Labute approximate surface area is 581 Å². The maximum Gasteiger partial charge on any atom is 0.243 e. The minimum absolute atomic E-state index is 0.127. The first-order valence-electron chi connectivity index (χ1n) is 40.1. The molecule has 0 saturated carbocycles. The van der Waals surface area contributed by atoms with Crippen LogP contribution in [0.3, 0.4) is 0 Å². The lowest BCUT2D eigenvalue weighted by molar-refractivity contribution is -0.137. The average molecular weight is 1310 g/mol. The second-order valence-electron chi connectivity index (χ2n) is 27.9. The number of aliphatic hydroxyl groups excluding tert-OH is 4. The van der Waals surface area contributed by atoms with Crippen molar-refractivity contribution in [1.29, 1.82) is 0 Å². The van der Waals surface area contributed by atoms with Crippen LogP contribution in [0.5, 0.6) is 0 Å². The van der Waals surface area contributed by atoms with Gasteiger partial charge in [0.05, 0.1) is 24.4 Å². The summed E-state index contributed by atoms with van der Waals surface area (Å²) in [6.45, 7) is 12.5. The maximum absolute atomic E-state index is 13.5. The molecule has 0 aliphatic carbocycles. The predicted octanol–water partition coefficient (Wildman–Crippen LogP) is 21.1. The molecule has 544 valence electrons. The number of nitrogens with one attached hydrogen (secondary N) is 2. The second-order valence-corrected chi connectivity index (χ2v) is 27.9. The lowest BCUT2D eigenvalue weighted by Gasteiger charge is -2.31. The zero-order chi connectivity index (χ0) is 68.1. The average Bonchev–Trinajstić information content (AvgIpc) is 0.942. The van der Waals surface area contributed by atoms with Crippen LogP contribution in [0.4, 0.5) is 0 Å². The van der Waals surface area contributed by atoms with Gasteiger partial charge in [0.2, 0.25) is 11.8 Å². The Bertz CT molecular complexity index is 1670. The number of hydrogen-bond acceptors (Lipinski definition) is 8. The SMILES string of the molecule is CCCCC/C=C\C/C=C\CCCCCCC(O)CN(CCCCC1NC(=O)C(CCCCN(CC(O)CCCCCC/C=C\C/C=C\CCCCC)CC(O)CCCCCC/C=C\C/C=C\CCCCC)NC1=O)CC(O)CCCCCC/C=C\C/C=C\CCCCC. The zero-order valence-electron chi connectivity index (χ0n) is 61.8. The molecule has 1 aliphatic rings. The van der Waals surface area contributed by atoms with E-state index < -0.39 is 36.5 Å². The topological polar surface area (TPSA) is 146 Å². The van der Waals surface area contributed by atoms with Crippen LogP contribution in [0, 0.1) is 0 Å². The second kappa shape index (κ2) is 69.5. The minimum Gasteiger partial charge on any atom is -0.392 e. The number of carbonyl (C=O) groups excluding carboxylic acids is 2. The first-order valence-corrected chi connectivity index (χ1v) is 40.1. The molecule has 2 amide bonds. The fraction of sp³-hybridized carbons (Fsp3) is 0.786. The van der Waals surface area contributed by atoms with Crippen LogP contribution in [0.2, 0.25) is 0 Å². The number of rotatable bonds is 70. The van der Waals surface area contributed by atoms with Crippen molar-refractivity contribution in [2.24, 2.45) is 0 Å². The molecule has 94 heavy (non-hydrogen) atoms. The highest BCUT2D eigenvalue weighted by Crippen LogP contribution is 2.18. The van der Waals surface area contributed by atoms with Gasteiger partial charge < -0.3 is 31.1 Å². The van der Waals surface area contributed by atoms with Gasteiger partial charge in [0, 0.05) is 26.2 Å². The van der Waals surface area contributed by atoms with Crippen molar-refractivity contribution in [3.05, 3.63) is 97.2 Å². The van der Waals surface area contributed by atoms with E-state index in [1.54, 1.807) is 0 Å².